The Hall–Kier alpha value is -1.85. The minimum absolute atomic E-state index is 0.0328. The molecule has 3 N–H and O–H groups in total. The van der Waals surface area contributed by atoms with Gasteiger partial charge in [-0.05, 0) is 23.8 Å². The molecule has 1 heterocycles. The van der Waals surface area contributed by atoms with Gasteiger partial charge in [-0.1, -0.05) is 12.1 Å². The molecule has 108 valence electrons. The molecule has 1 saturated heterocycles. The van der Waals surface area contributed by atoms with Gasteiger partial charge in [0, 0.05) is 44.5 Å². The number of anilines is 1. The molecule has 0 spiro atoms. The third-order valence-electron chi connectivity index (χ3n) is 3.46. The van der Waals surface area contributed by atoms with Gasteiger partial charge in [-0.3, -0.25) is 9.69 Å². The lowest BCUT2D eigenvalue weighted by Gasteiger charge is -2.33. The predicted octanol–water partition coefficient (Wildman–Crippen LogP) is 0.419. The Morgan fingerprint density at radius 3 is 2.45 bits per heavy atom. The van der Waals surface area contributed by atoms with Crippen molar-refractivity contribution in [1.82, 2.24) is 9.80 Å². The van der Waals surface area contributed by atoms with Crippen molar-refractivity contribution in [2.75, 3.05) is 45.1 Å². The molecular weight excluding hydrogens is 254 g/mol. The Morgan fingerprint density at radius 2 is 1.85 bits per heavy atom. The molecule has 0 bridgehead atoms. The number of aliphatic hydroxyl groups excluding tert-OH is 1. The maximum atomic E-state index is 12.0. The standard InChI is InChI=1S/C15H21N3O2/c16-14-4-1-13(2-5-14)3-6-15(20)18-9-7-17(8-10-18)11-12-19/h1-6,19H,7-12,16H2/b6-3+. The van der Waals surface area contributed by atoms with Gasteiger partial charge in [-0.15, -0.1) is 0 Å². The highest BCUT2D eigenvalue weighted by molar-refractivity contribution is 5.91. The molecule has 0 radical (unpaired) electrons. The number of aliphatic hydroxyl groups is 1. The molecule has 5 heteroatoms. The fraction of sp³-hybridized carbons (Fsp3) is 0.400. The van der Waals surface area contributed by atoms with Crippen molar-refractivity contribution in [1.29, 1.82) is 0 Å². The van der Waals surface area contributed by atoms with Crippen molar-refractivity contribution in [3.8, 4) is 0 Å². The normalized spacial score (nSPS) is 16.8. The number of benzene rings is 1. The summed E-state index contributed by atoms with van der Waals surface area (Å²) in [5, 5.41) is 8.88. The van der Waals surface area contributed by atoms with Gasteiger partial charge in [-0.2, -0.15) is 0 Å². The van der Waals surface area contributed by atoms with Crippen molar-refractivity contribution in [2.24, 2.45) is 0 Å². The van der Waals surface area contributed by atoms with E-state index in [1.807, 2.05) is 35.2 Å². The van der Waals surface area contributed by atoms with Crippen molar-refractivity contribution < 1.29 is 9.90 Å². The number of piperazine rings is 1. The highest BCUT2D eigenvalue weighted by atomic mass is 16.3. The number of carbonyl (C=O) groups excluding carboxylic acids is 1. The lowest BCUT2D eigenvalue weighted by atomic mass is 10.2. The zero-order chi connectivity index (χ0) is 14.4. The van der Waals surface area contributed by atoms with Crippen LogP contribution in [0.25, 0.3) is 6.08 Å². The largest absolute Gasteiger partial charge is 0.399 e. The summed E-state index contributed by atoms with van der Waals surface area (Å²) < 4.78 is 0. The maximum absolute atomic E-state index is 12.0. The van der Waals surface area contributed by atoms with Gasteiger partial charge >= 0.3 is 0 Å². The third-order valence-corrected chi connectivity index (χ3v) is 3.46. The van der Waals surface area contributed by atoms with Crippen LogP contribution in [0.15, 0.2) is 30.3 Å². The van der Waals surface area contributed by atoms with Gasteiger partial charge in [0.15, 0.2) is 0 Å². The quantitative estimate of drug-likeness (QED) is 0.617. The summed E-state index contributed by atoms with van der Waals surface area (Å²) in [5.74, 6) is 0.0328. The minimum Gasteiger partial charge on any atom is -0.399 e. The molecule has 1 aromatic carbocycles. The molecule has 2 rings (SSSR count). The Labute approximate surface area is 119 Å². The average molecular weight is 275 g/mol. The predicted molar refractivity (Wildman–Crippen MR) is 80.0 cm³/mol. The molecule has 20 heavy (non-hydrogen) atoms. The number of β-amino-alcohol motifs (C(OH)–C–C–N with tert-alkyl or cyclic N) is 1. The number of hydrogen-bond donors (Lipinski definition) is 2. The van der Waals surface area contributed by atoms with Crippen LogP contribution in [0, 0.1) is 0 Å². The van der Waals surface area contributed by atoms with E-state index in [1.165, 1.54) is 0 Å². The summed E-state index contributed by atoms with van der Waals surface area (Å²) in [6.07, 6.45) is 3.41. The Bertz CT molecular complexity index is 463. The molecule has 1 aliphatic rings. The lowest BCUT2D eigenvalue weighted by molar-refractivity contribution is -0.127. The lowest BCUT2D eigenvalue weighted by Crippen LogP contribution is -2.48. The second-order valence-corrected chi connectivity index (χ2v) is 4.89. The molecule has 1 aromatic rings. The fourth-order valence-electron chi connectivity index (χ4n) is 2.21. The first-order valence-corrected chi connectivity index (χ1v) is 6.85. The minimum atomic E-state index is 0.0328. The van der Waals surface area contributed by atoms with Gasteiger partial charge in [-0.25, -0.2) is 0 Å². The van der Waals surface area contributed by atoms with Crippen LogP contribution in [0.4, 0.5) is 5.69 Å². The second-order valence-electron chi connectivity index (χ2n) is 4.89. The number of amides is 1. The average Bonchev–Trinajstić information content (AvgIpc) is 2.47. The van der Waals surface area contributed by atoms with Gasteiger partial charge in [0.25, 0.3) is 0 Å². The summed E-state index contributed by atoms with van der Waals surface area (Å²) in [5.41, 5.74) is 7.30. The van der Waals surface area contributed by atoms with Crippen molar-refractivity contribution in [3.63, 3.8) is 0 Å². The van der Waals surface area contributed by atoms with Crippen LogP contribution in [0.5, 0.6) is 0 Å². The third kappa shape index (κ3) is 4.08. The van der Waals surface area contributed by atoms with Crippen LogP contribution in [0.2, 0.25) is 0 Å². The highest BCUT2D eigenvalue weighted by Gasteiger charge is 2.18. The summed E-state index contributed by atoms with van der Waals surface area (Å²) in [7, 11) is 0. The summed E-state index contributed by atoms with van der Waals surface area (Å²) in [4.78, 5) is 16.0. The number of rotatable bonds is 4. The van der Waals surface area contributed by atoms with E-state index in [0.29, 0.717) is 25.3 Å². The van der Waals surface area contributed by atoms with Crippen LogP contribution in [0.3, 0.4) is 0 Å². The van der Waals surface area contributed by atoms with E-state index in [2.05, 4.69) is 4.90 Å². The van der Waals surface area contributed by atoms with Crippen LogP contribution in [-0.4, -0.2) is 60.1 Å². The van der Waals surface area contributed by atoms with Crippen molar-refractivity contribution in [3.05, 3.63) is 35.9 Å². The van der Waals surface area contributed by atoms with E-state index >= 15 is 0 Å². The zero-order valence-electron chi connectivity index (χ0n) is 11.5. The van der Waals surface area contributed by atoms with Crippen LogP contribution < -0.4 is 5.73 Å². The molecule has 0 unspecified atom stereocenters. The molecule has 0 atom stereocenters. The molecule has 1 fully saturated rings. The molecule has 0 aliphatic carbocycles. The highest BCUT2D eigenvalue weighted by Crippen LogP contribution is 2.08. The number of carbonyl (C=O) groups is 1. The molecule has 1 amide bonds. The van der Waals surface area contributed by atoms with E-state index in [-0.39, 0.29) is 12.5 Å². The molecular formula is C15H21N3O2. The van der Waals surface area contributed by atoms with E-state index in [0.717, 1.165) is 18.7 Å². The van der Waals surface area contributed by atoms with E-state index in [1.54, 1.807) is 6.08 Å². The molecule has 5 nitrogen and oxygen atoms in total. The number of nitrogens with two attached hydrogens (primary N) is 1. The maximum Gasteiger partial charge on any atom is 0.246 e. The molecule has 1 aliphatic heterocycles. The topological polar surface area (TPSA) is 69.8 Å². The zero-order valence-corrected chi connectivity index (χ0v) is 11.5. The first kappa shape index (κ1) is 14.6. The van der Waals surface area contributed by atoms with Crippen LogP contribution >= 0.6 is 0 Å². The summed E-state index contributed by atoms with van der Waals surface area (Å²) in [6, 6.07) is 7.41. The molecule has 0 aromatic heterocycles. The number of nitrogen functional groups attached to an aromatic ring is 1. The first-order chi connectivity index (χ1) is 9.69. The first-order valence-electron chi connectivity index (χ1n) is 6.85. The monoisotopic (exact) mass is 275 g/mol. The Balaban J connectivity index is 1.85. The van der Waals surface area contributed by atoms with E-state index in [4.69, 9.17) is 10.8 Å². The second kappa shape index (κ2) is 7.07. The van der Waals surface area contributed by atoms with Crippen LogP contribution in [-0.2, 0) is 4.79 Å². The van der Waals surface area contributed by atoms with Gasteiger partial charge in [0.05, 0.1) is 6.61 Å². The fourth-order valence-corrected chi connectivity index (χ4v) is 2.21. The number of hydrogen-bond acceptors (Lipinski definition) is 4. The molecule has 0 saturated carbocycles. The van der Waals surface area contributed by atoms with Crippen molar-refractivity contribution >= 4 is 17.7 Å². The summed E-state index contributed by atoms with van der Waals surface area (Å²) >= 11 is 0. The van der Waals surface area contributed by atoms with E-state index in [9.17, 15) is 4.79 Å². The SMILES string of the molecule is Nc1ccc(/C=C/C(=O)N2CCN(CCO)CC2)cc1. The van der Waals surface area contributed by atoms with Gasteiger partial charge < -0.3 is 15.7 Å². The Kier molecular flexibility index (Phi) is 5.15. The number of nitrogens with zero attached hydrogens (tertiary/aromatic N) is 2. The van der Waals surface area contributed by atoms with Gasteiger partial charge in [0.1, 0.15) is 0 Å². The van der Waals surface area contributed by atoms with E-state index < -0.39 is 0 Å². The smallest absolute Gasteiger partial charge is 0.246 e. The van der Waals surface area contributed by atoms with Crippen LogP contribution in [0.1, 0.15) is 5.56 Å². The van der Waals surface area contributed by atoms with Gasteiger partial charge in [0.2, 0.25) is 5.91 Å². The Morgan fingerprint density at radius 1 is 1.20 bits per heavy atom. The van der Waals surface area contributed by atoms with Crippen molar-refractivity contribution in [2.45, 2.75) is 0 Å². The summed E-state index contributed by atoms with van der Waals surface area (Å²) in [6.45, 7) is 3.92.